The third-order valence-corrected chi connectivity index (χ3v) is 3.57. The molecule has 24 heavy (non-hydrogen) atoms. The lowest BCUT2D eigenvalue weighted by Crippen LogP contribution is -2.24. The lowest BCUT2D eigenvalue weighted by atomic mass is 10.1. The summed E-state index contributed by atoms with van der Waals surface area (Å²) in [4.78, 5) is 22.9. The largest absolute Gasteiger partial charge is 0.445 e. The topological polar surface area (TPSA) is 55.4 Å². The van der Waals surface area contributed by atoms with Gasteiger partial charge in [0.15, 0.2) is 5.78 Å². The fraction of sp³-hybridized carbons (Fsp3) is 0.158. The Balaban J connectivity index is 1.77. The van der Waals surface area contributed by atoms with E-state index in [0.29, 0.717) is 17.1 Å². The van der Waals surface area contributed by atoms with Crippen molar-refractivity contribution >= 4 is 29.6 Å². The molecule has 2 aromatic carbocycles. The summed E-state index contributed by atoms with van der Waals surface area (Å²) in [6.45, 7) is 2.04. The summed E-state index contributed by atoms with van der Waals surface area (Å²) in [7, 11) is 0. The van der Waals surface area contributed by atoms with Crippen molar-refractivity contribution in [2.24, 2.45) is 0 Å². The van der Waals surface area contributed by atoms with E-state index >= 15 is 0 Å². The first-order valence-electron chi connectivity index (χ1n) is 7.48. The third kappa shape index (κ3) is 5.56. The van der Waals surface area contributed by atoms with Crippen LogP contribution < -0.4 is 5.32 Å². The lowest BCUT2D eigenvalue weighted by Gasteiger charge is -2.05. The van der Waals surface area contributed by atoms with Gasteiger partial charge in [-0.1, -0.05) is 60.2 Å². The number of ketones is 1. The molecule has 5 heteroatoms. The highest BCUT2D eigenvalue weighted by Crippen LogP contribution is 2.19. The average molecular weight is 344 g/mol. The predicted octanol–water partition coefficient (Wildman–Crippen LogP) is 4.48. The Morgan fingerprint density at radius 3 is 2.58 bits per heavy atom. The Bertz CT molecular complexity index is 742. The van der Waals surface area contributed by atoms with E-state index in [1.807, 2.05) is 36.4 Å². The van der Waals surface area contributed by atoms with E-state index in [9.17, 15) is 9.59 Å². The summed E-state index contributed by atoms with van der Waals surface area (Å²) < 4.78 is 5.10. The van der Waals surface area contributed by atoms with Gasteiger partial charge in [-0.2, -0.15) is 0 Å². The second-order valence-corrected chi connectivity index (χ2v) is 5.55. The number of amides is 1. The van der Waals surface area contributed by atoms with Gasteiger partial charge in [-0.25, -0.2) is 4.79 Å². The van der Waals surface area contributed by atoms with Crippen LogP contribution in [0, 0.1) is 0 Å². The van der Waals surface area contributed by atoms with E-state index in [-0.39, 0.29) is 12.4 Å². The molecule has 0 radical (unpaired) electrons. The molecule has 0 spiro atoms. The number of hydrogen-bond donors (Lipinski definition) is 1. The molecule has 0 aliphatic rings. The first kappa shape index (κ1) is 17.8. The van der Waals surface area contributed by atoms with Crippen molar-refractivity contribution in [3.63, 3.8) is 0 Å². The maximum absolute atomic E-state index is 11.6. The van der Waals surface area contributed by atoms with Crippen LogP contribution in [0.25, 0.3) is 6.08 Å². The quantitative estimate of drug-likeness (QED) is 0.786. The van der Waals surface area contributed by atoms with Crippen molar-refractivity contribution in [3.8, 4) is 0 Å². The van der Waals surface area contributed by atoms with Crippen LogP contribution in [-0.2, 0) is 11.3 Å². The summed E-state index contributed by atoms with van der Waals surface area (Å²) in [5.74, 6) is -0.0710. The molecule has 0 unspecified atom stereocenters. The molecule has 0 bridgehead atoms. The number of nitrogens with one attached hydrogen (secondary N) is 1. The number of carbonyl (C=O) groups excluding carboxylic acids is 2. The van der Waals surface area contributed by atoms with Crippen molar-refractivity contribution in [2.75, 3.05) is 6.54 Å². The molecule has 1 amide bonds. The number of halogens is 1. The number of alkyl carbamates (subject to hydrolysis) is 1. The van der Waals surface area contributed by atoms with Crippen LogP contribution in [0.15, 0.2) is 54.6 Å². The molecule has 0 saturated carbocycles. The minimum atomic E-state index is -0.478. The van der Waals surface area contributed by atoms with Gasteiger partial charge in [-0.3, -0.25) is 4.79 Å². The second kappa shape index (κ2) is 8.89. The van der Waals surface area contributed by atoms with Crippen LogP contribution in [-0.4, -0.2) is 18.4 Å². The summed E-state index contributed by atoms with van der Waals surface area (Å²) >= 11 is 6.04. The zero-order chi connectivity index (χ0) is 17.4. The second-order valence-electron chi connectivity index (χ2n) is 5.14. The van der Waals surface area contributed by atoms with Gasteiger partial charge < -0.3 is 10.1 Å². The molecule has 2 rings (SSSR count). The summed E-state index contributed by atoms with van der Waals surface area (Å²) in [6, 6.07) is 14.7. The van der Waals surface area contributed by atoms with Crippen LogP contribution in [0.4, 0.5) is 4.79 Å². The first-order chi connectivity index (χ1) is 11.6. The van der Waals surface area contributed by atoms with Gasteiger partial charge in [-0.05, 0) is 30.2 Å². The van der Waals surface area contributed by atoms with Gasteiger partial charge in [-0.15, -0.1) is 0 Å². The molecule has 0 aliphatic carbocycles. The number of carbonyl (C=O) groups is 2. The van der Waals surface area contributed by atoms with Gasteiger partial charge in [0.2, 0.25) is 0 Å². The van der Waals surface area contributed by atoms with Gasteiger partial charge in [0, 0.05) is 12.1 Å². The molecule has 2 aromatic rings. The lowest BCUT2D eigenvalue weighted by molar-refractivity contribution is 0.101. The molecule has 1 N–H and O–H groups in total. The van der Waals surface area contributed by atoms with E-state index in [1.165, 1.54) is 6.92 Å². The standard InChI is InChI=1S/C19H18ClNO3/c1-14(22)17-10-9-15(12-18(17)20)8-5-11-21-19(23)24-13-16-6-3-2-4-7-16/h2-10,12H,11,13H2,1H3,(H,21,23). The monoisotopic (exact) mass is 343 g/mol. The van der Waals surface area contributed by atoms with Crippen molar-refractivity contribution in [1.82, 2.24) is 5.32 Å². The van der Waals surface area contributed by atoms with E-state index in [1.54, 1.807) is 24.3 Å². The Labute approximate surface area is 146 Å². The van der Waals surface area contributed by atoms with Crippen molar-refractivity contribution in [1.29, 1.82) is 0 Å². The summed E-state index contributed by atoms with van der Waals surface area (Å²) in [5, 5.41) is 3.05. The maximum Gasteiger partial charge on any atom is 0.407 e. The van der Waals surface area contributed by atoms with Gasteiger partial charge in [0.05, 0.1) is 5.02 Å². The fourth-order valence-corrected chi connectivity index (χ4v) is 2.35. The molecule has 0 atom stereocenters. The highest BCUT2D eigenvalue weighted by molar-refractivity contribution is 6.34. The number of benzene rings is 2. The fourth-order valence-electron chi connectivity index (χ4n) is 2.03. The maximum atomic E-state index is 11.6. The van der Waals surface area contributed by atoms with E-state index in [2.05, 4.69) is 5.32 Å². The third-order valence-electron chi connectivity index (χ3n) is 3.26. The van der Waals surface area contributed by atoms with Crippen LogP contribution in [0.5, 0.6) is 0 Å². The first-order valence-corrected chi connectivity index (χ1v) is 7.85. The van der Waals surface area contributed by atoms with Gasteiger partial charge in [0.25, 0.3) is 0 Å². The molecular formula is C19H18ClNO3. The average Bonchev–Trinajstić information content (AvgIpc) is 2.57. The highest BCUT2D eigenvalue weighted by atomic mass is 35.5. The minimum absolute atomic E-state index is 0.0710. The molecule has 4 nitrogen and oxygen atoms in total. The van der Waals surface area contributed by atoms with Crippen LogP contribution >= 0.6 is 11.6 Å². The van der Waals surface area contributed by atoms with Crippen molar-refractivity contribution in [2.45, 2.75) is 13.5 Å². The van der Waals surface area contributed by atoms with Crippen LogP contribution in [0.3, 0.4) is 0 Å². The highest BCUT2D eigenvalue weighted by Gasteiger charge is 2.05. The van der Waals surface area contributed by atoms with Crippen LogP contribution in [0.1, 0.15) is 28.4 Å². The SMILES string of the molecule is CC(=O)c1ccc(C=CCNC(=O)OCc2ccccc2)cc1Cl. The predicted molar refractivity (Wildman–Crippen MR) is 95.1 cm³/mol. The van der Waals surface area contributed by atoms with Gasteiger partial charge in [0.1, 0.15) is 6.61 Å². The Hall–Kier alpha value is -2.59. The molecular weight excluding hydrogens is 326 g/mol. The Morgan fingerprint density at radius 2 is 1.92 bits per heavy atom. The normalized spacial score (nSPS) is 10.6. The number of hydrogen-bond acceptors (Lipinski definition) is 3. The van der Waals surface area contributed by atoms with E-state index in [0.717, 1.165) is 11.1 Å². The van der Waals surface area contributed by atoms with Gasteiger partial charge >= 0.3 is 6.09 Å². The molecule has 0 saturated heterocycles. The minimum Gasteiger partial charge on any atom is -0.445 e. The van der Waals surface area contributed by atoms with Crippen LogP contribution in [0.2, 0.25) is 5.02 Å². The zero-order valence-electron chi connectivity index (χ0n) is 13.3. The Kier molecular flexibility index (Phi) is 6.58. The number of ether oxygens (including phenoxy) is 1. The van der Waals surface area contributed by atoms with Crippen molar-refractivity contribution in [3.05, 3.63) is 76.3 Å². The van der Waals surface area contributed by atoms with E-state index in [4.69, 9.17) is 16.3 Å². The molecule has 124 valence electrons. The molecule has 0 fully saturated rings. The molecule has 0 heterocycles. The zero-order valence-corrected chi connectivity index (χ0v) is 14.0. The van der Waals surface area contributed by atoms with E-state index < -0.39 is 6.09 Å². The Morgan fingerprint density at radius 1 is 1.17 bits per heavy atom. The molecule has 0 aromatic heterocycles. The smallest absolute Gasteiger partial charge is 0.407 e. The molecule has 0 aliphatic heterocycles. The summed E-state index contributed by atoms with van der Waals surface area (Å²) in [6.07, 6.45) is 3.12. The number of Topliss-reactive ketones (excluding diaryl/α,β-unsaturated/α-hetero) is 1. The summed E-state index contributed by atoms with van der Waals surface area (Å²) in [5.41, 5.74) is 2.28. The van der Waals surface area contributed by atoms with Crippen molar-refractivity contribution < 1.29 is 14.3 Å². The number of rotatable bonds is 6.